The summed E-state index contributed by atoms with van der Waals surface area (Å²) in [4.78, 5) is 16.6. The van der Waals surface area contributed by atoms with Crippen LogP contribution in [0, 0.1) is 0 Å². The lowest BCUT2D eigenvalue weighted by molar-refractivity contribution is 0.0954. The van der Waals surface area contributed by atoms with Crippen LogP contribution in [0.2, 0.25) is 0 Å². The van der Waals surface area contributed by atoms with Gasteiger partial charge >= 0.3 is 0 Å². The normalized spacial score (nSPS) is 10.2. The van der Waals surface area contributed by atoms with Crippen molar-refractivity contribution in [3.05, 3.63) is 78.1 Å². The average molecular weight is 377 g/mol. The van der Waals surface area contributed by atoms with Crippen LogP contribution < -0.4 is 20.1 Å². The molecule has 2 N–H and O–H groups in total. The Morgan fingerprint density at radius 3 is 2.46 bits per heavy atom. The molecule has 0 aliphatic rings. The van der Waals surface area contributed by atoms with E-state index in [-0.39, 0.29) is 5.91 Å². The van der Waals surface area contributed by atoms with Crippen molar-refractivity contribution in [2.45, 2.75) is 6.42 Å². The zero-order valence-electron chi connectivity index (χ0n) is 15.9. The van der Waals surface area contributed by atoms with E-state index in [2.05, 4.69) is 15.6 Å². The number of nitrogens with one attached hydrogen (secondary N) is 2. The van der Waals surface area contributed by atoms with Gasteiger partial charge in [-0.15, -0.1) is 0 Å². The van der Waals surface area contributed by atoms with E-state index in [0.29, 0.717) is 29.3 Å². The summed E-state index contributed by atoms with van der Waals surface area (Å²) in [6.45, 7) is 0.566. The molecule has 1 amide bonds. The predicted octanol–water partition coefficient (Wildman–Crippen LogP) is 3.81. The third-order valence-electron chi connectivity index (χ3n) is 4.21. The summed E-state index contributed by atoms with van der Waals surface area (Å²) in [5, 5.41) is 6.16. The van der Waals surface area contributed by atoms with Gasteiger partial charge in [0.25, 0.3) is 5.91 Å². The number of carbonyl (C=O) groups is 1. The minimum Gasteiger partial charge on any atom is -0.493 e. The van der Waals surface area contributed by atoms with Crippen molar-refractivity contribution in [3.8, 4) is 11.5 Å². The van der Waals surface area contributed by atoms with Crippen molar-refractivity contribution in [1.82, 2.24) is 10.3 Å². The first kappa shape index (κ1) is 19.2. The van der Waals surface area contributed by atoms with Gasteiger partial charge < -0.3 is 20.1 Å². The van der Waals surface area contributed by atoms with Crippen molar-refractivity contribution < 1.29 is 14.3 Å². The van der Waals surface area contributed by atoms with Gasteiger partial charge in [-0.25, -0.2) is 0 Å². The van der Waals surface area contributed by atoms with E-state index in [9.17, 15) is 4.79 Å². The molecule has 3 rings (SSSR count). The molecule has 0 saturated carbocycles. The molecular weight excluding hydrogens is 354 g/mol. The molecule has 0 radical (unpaired) electrons. The van der Waals surface area contributed by atoms with Crippen LogP contribution in [0.5, 0.6) is 11.5 Å². The minimum atomic E-state index is -0.153. The number of amides is 1. The number of methoxy groups -OCH3 is 2. The van der Waals surface area contributed by atoms with Gasteiger partial charge in [-0.3, -0.25) is 9.78 Å². The molecule has 0 aliphatic carbocycles. The monoisotopic (exact) mass is 377 g/mol. The molecule has 28 heavy (non-hydrogen) atoms. The summed E-state index contributed by atoms with van der Waals surface area (Å²) in [5.74, 6) is 1.12. The number of carbonyl (C=O) groups excluding carboxylic acids is 1. The highest BCUT2D eigenvalue weighted by Crippen LogP contribution is 2.31. The van der Waals surface area contributed by atoms with E-state index < -0.39 is 0 Å². The Balaban J connectivity index is 1.62. The maximum Gasteiger partial charge on any atom is 0.252 e. The molecular formula is C22H23N3O3. The van der Waals surface area contributed by atoms with Gasteiger partial charge in [-0.1, -0.05) is 30.3 Å². The van der Waals surface area contributed by atoms with Gasteiger partial charge in [0, 0.05) is 24.5 Å². The highest BCUT2D eigenvalue weighted by molar-refractivity contribution is 5.94. The van der Waals surface area contributed by atoms with E-state index in [0.717, 1.165) is 12.1 Å². The number of pyridine rings is 1. The molecule has 6 heteroatoms. The fourth-order valence-electron chi connectivity index (χ4n) is 2.78. The molecule has 144 valence electrons. The van der Waals surface area contributed by atoms with Gasteiger partial charge in [0.15, 0.2) is 11.5 Å². The van der Waals surface area contributed by atoms with Crippen molar-refractivity contribution in [3.63, 3.8) is 0 Å². The Morgan fingerprint density at radius 1 is 0.929 bits per heavy atom. The van der Waals surface area contributed by atoms with Crippen molar-refractivity contribution in [2.24, 2.45) is 0 Å². The minimum absolute atomic E-state index is 0.153. The molecule has 0 aliphatic heterocycles. The van der Waals surface area contributed by atoms with Crippen molar-refractivity contribution >= 4 is 17.3 Å². The standard InChI is InChI=1S/C22H23N3O3/c1-27-20-9-8-18(13-21(20)28-2)25-19-12-17(14-23-15-19)22(26)24-11-10-16-6-4-3-5-7-16/h3-9,12-15,25H,10-11H2,1-2H3,(H,24,26). The van der Waals surface area contributed by atoms with Gasteiger partial charge in [0.1, 0.15) is 0 Å². The van der Waals surface area contributed by atoms with Gasteiger partial charge in [-0.05, 0) is 30.2 Å². The summed E-state index contributed by atoms with van der Waals surface area (Å²) in [7, 11) is 3.18. The molecule has 1 heterocycles. The van der Waals surface area contributed by atoms with Crippen LogP contribution in [0.1, 0.15) is 15.9 Å². The second-order valence-electron chi connectivity index (χ2n) is 6.15. The highest BCUT2D eigenvalue weighted by atomic mass is 16.5. The third-order valence-corrected chi connectivity index (χ3v) is 4.21. The van der Waals surface area contributed by atoms with Crippen LogP contribution in [0.25, 0.3) is 0 Å². The van der Waals surface area contributed by atoms with Crippen LogP contribution >= 0.6 is 0 Å². The number of hydrogen-bond acceptors (Lipinski definition) is 5. The lowest BCUT2D eigenvalue weighted by atomic mass is 10.1. The van der Waals surface area contributed by atoms with Crippen molar-refractivity contribution in [1.29, 1.82) is 0 Å². The smallest absolute Gasteiger partial charge is 0.252 e. The second kappa shape index (κ2) is 9.41. The molecule has 0 spiro atoms. The highest BCUT2D eigenvalue weighted by Gasteiger charge is 2.08. The maximum atomic E-state index is 12.4. The molecule has 0 unspecified atom stereocenters. The van der Waals surface area contributed by atoms with Gasteiger partial charge in [-0.2, -0.15) is 0 Å². The lowest BCUT2D eigenvalue weighted by Crippen LogP contribution is -2.25. The summed E-state index contributed by atoms with van der Waals surface area (Å²) >= 11 is 0. The lowest BCUT2D eigenvalue weighted by Gasteiger charge is -2.12. The van der Waals surface area contributed by atoms with Gasteiger partial charge in [0.05, 0.1) is 31.7 Å². The molecule has 2 aromatic carbocycles. The largest absolute Gasteiger partial charge is 0.493 e. The summed E-state index contributed by atoms with van der Waals surface area (Å²) in [5.41, 5.74) is 3.20. The Morgan fingerprint density at radius 2 is 1.71 bits per heavy atom. The van der Waals surface area contributed by atoms with Crippen LogP contribution in [-0.4, -0.2) is 31.7 Å². The molecule has 0 saturated heterocycles. The Kier molecular flexibility index (Phi) is 6.46. The number of aromatic nitrogens is 1. The van der Waals surface area contributed by atoms with E-state index in [4.69, 9.17) is 9.47 Å². The number of ether oxygens (including phenoxy) is 2. The zero-order valence-corrected chi connectivity index (χ0v) is 15.9. The summed E-state index contributed by atoms with van der Waals surface area (Å²) < 4.78 is 10.6. The van der Waals surface area contributed by atoms with Crippen LogP contribution in [0.15, 0.2) is 67.0 Å². The quantitative estimate of drug-likeness (QED) is 0.624. The molecule has 3 aromatic rings. The van der Waals surface area contributed by atoms with E-state index in [1.807, 2.05) is 48.5 Å². The predicted molar refractivity (Wildman–Crippen MR) is 110 cm³/mol. The molecule has 0 bridgehead atoms. The van der Waals surface area contributed by atoms with E-state index >= 15 is 0 Å². The zero-order chi connectivity index (χ0) is 19.8. The summed E-state index contributed by atoms with van der Waals surface area (Å²) in [6, 6.07) is 17.3. The molecule has 0 fully saturated rings. The Hall–Kier alpha value is -3.54. The van der Waals surface area contributed by atoms with Gasteiger partial charge in [0.2, 0.25) is 0 Å². The third kappa shape index (κ3) is 5.01. The number of benzene rings is 2. The first-order chi connectivity index (χ1) is 13.7. The van der Waals surface area contributed by atoms with Crippen molar-refractivity contribution in [2.75, 3.05) is 26.1 Å². The SMILES string of the molecule is COc1ccc(Nc2cncc(C(=O)NCCc3ccccc3)c2)cc1OC. The summed E-state index contributed by atoms with van der Waals surface area (Å²) in [6.07, 6.45) is 4.00. The maximum absolute atomic E-state index is 12.4. The number of nitrogens with zero attached hydrogens (tertiary/aromatic N) is 1. The molecule has 6 nitrogen and oxygen atoms in total. The van der Waals surface area contributed by atoms with E-state index in [1.165, 1.54) is 5.56 Å². The topological polar surface area (TPSA) is 72.5 Å². The molecule has 0 atom stereocenters. The first-order valence-electron chi connectivity index (χ1n) is 8.96. The second-order valence-corrected chi connectivity index (χ2v) is 6.15. The average Bonchev–Trinajstić information content (AvgIpc) is 2.74. The number of rotatable bonds is 8. The Bertz CT molecular complexity index is 929. The van der Waals surface area contributed by atoms with Crippen LogP contribution in [0.4, 0.5) is 11.4 Å². The van der Waals surface area contributed by atoms with Crippen LogP contribution in [-0.2, 0) is 6.42 Å². The number of anilines is 2. The first-order valence-corrected chi connectivity index (χ1v) is 8.96. The van der Waals surface area contributed by atoms with Crippen LogP contribution in [0.3, 0.4) is 0 Å². The fraction of sp³-hybridized carbons (Fsp3) is 0.182. The van der Waals surface area contributed by atoms with E-state index in [1.54, 1.807) is 32.7 Å². The fourth-order valence-corrected chi connectivity index (χ4v) is 2.78. The Labute approximate surface area is 164 Å². The molecule has 1 aromatic heterocycles. The number of hydrogen-bond donors (Lipinski definition) is 2.